The van der Waals surface area contributed by atoms with Crippen LogP contribution in [0.4, 0.5) is 0 Å². The lowest BCUT2D eigenvalue weighted by Crippen LogP contribution is -2.25. The summed E-state index contributed by atoms with van der Waals surface area (Å²) in [6.45, 7) is 2.10. The van der Waals surface area contributed by atoms with E-state index in [0.717, 1.165) is 25.9 Å². The molecule has 1 aliphatic rings. The van der Waals surface area contributed by atoms with Crippen LogP contribution in [0.15, 0.2) is 30.5 Å². The SMILES string of the molecule is OCC1(CNCc2c[nH]c3ccccc23)CC1. The summed E-state index contributed by atoms with van der Waals surface area (Å²) >= 11 is 0. The van der Waals surface area contributed by atoms with E-state index in [4.69, 9.17) is 0 Å². The molecule has 1 aromatic heterocycles. The molecule has 0 amide bonds. The highest BCUT2D eigenvalue weighted by Gasteiger charge is 2.41. The quantitative estimate of drug-likeness (QED) is 0.736. The van der Waals surface area contributed by atoms with E-state index in [0.29, 0.717) is 6.61 Å². The Balaban J connectivity index is 1.65. The second kappa shape index (κ2) is 4.17. The monoisotopic (exact) mass is 230 g/mol. The van der Waals surface area contributed by atoms with Gasteiger partial charge >= 0.3 is 0 Å². The molecule has 3 heteroatoms. The van der Waals surface area contributed by atoms with E-state index in [1.54, 1.807) is 0 Å². The van der Waals surface area contributed by atoms with Gasteiger partial charge in [-0.05, 0) is 24.5 Å². The van der Waals surface area contributed by atoms with Gasteiger partial charge in [-0.15, -0.1) is 0 Å². The Morgan fingerprint density at radius 1 is 1.29 bits per heavy atom. The van der Waals surface area contributed by atoms with Gasteiger partial charge in [-0.2, -0.15) is 0 Å². The molecule has 0 aliphatic heterocycles. The maximum atomic E-state index is 9.24. The summed E-state index contributed by atoms with van der Waals surface area (Å²) in [4.78, 5) is 3.28. The highest BCUT2D eigenvalue weighted by atomic mass is 16.3. The van der Waals surface area contributed by atoms with E-state index in [9.17, 15) is 5.11 Å². The number of hydrogen-bond donors (Lipinski definition) is 3. The third-order valence-electron chi connectivity index (χ3n) is 3.78. The van der Waals surface area contributed by atoms with Crippen molar-refractivity contribution < 1.29 is 5.11 Å². The predicted molar refractivity (Wildman–Crippen MR) is 68.8 cm³/mol. The van der Waals surface area contributed by atoms with Gasteiger partial charge in [0, 0.05) is 42.2 Å². The Morgan fingerprint density at radius 2 is 2.12 bits per heavy atom. The summed E-state index contributed by atoms with van der Waals surface area (Å²) in [6.07, 6.45) is 4.38. The number of H-pyrrole nitrogens is 1. The standard InChI is InChI=1S/C14H18N2O/c17-10-14(5-6-14)9-15-7-11-8-16-13-4-2-1-3-12(11)13/h1-4,8,15-17H,5-7,9-10H2. The maximum absolute atomic E-state index is 9.24. The number of aromatic nitrogens is 1. The highest BCUT2D eigenvalue weighted by Crippen LogP contribution is 2.44. The fourth-order valence-electron chi connectivity index (χ4n) is 2.31. The number of fused-ring (bicyclic) bond motifs is 1. The van der Waals surface area contributed by atoms with Crippen LogP contribution in [-0.2, 0) is 6.54 Å². The van der Waals surface area contributed by atoms with E-state index in [2.05, 4.69) is 34.7 Å². The lowest BCUT2D eigenvalue weighted by Gasteiger charge is -2.12. The fourth-order valence-corrected chi connectivity index (χ4v) is 2.31. The molecular weight excluding hydrogens is 212 g/mol. The Hall–Kier alpha value is -1.32. The van der Waals surface area contributed by atoms with Crippen molar-refractivity contribution in [2.45, 2.75) is 19.4 Å². The zero-order valence-electron chi connectivity index (χ0n) is 9.87. The van der Waals surface area contributed by atoms with Gasteiger partial charge in [0.2, 0.25) is 0 Å². The average Bonchev–Trinajstić information content (AvgIpc) is 3.04. The minimum Gasteiger partial charge on any atom is -0.396 e. The van der Waals surface area contributed by atoms with Gasteiger partial charge in [-0.1, -0.05) is 18.2 Å². The summed E-state index contributed by atoms with van der Waals surface area (Å²) in [5.41, 5.74) is 2.67. The van der Waals surface area contributed by atoms with Crippen LogP contribution >= 0.6 is 0 Å². The molecule has 1 fully saturated rings. The molecule has 1 aliphatic carbocycles. The van der Waals surface area contributed by atoms with Crippen LogP contribution in [0.5, 0.6) is 0 Å². The molecule has 2 aromatic rings. The molecule has 0 radical (unpaired) electrons. The van der Waals surface area contributed by atoms with Crippen molar-refractivity contribution in [2.75, 3.05) is 13.2 Å². The van der Waals surface area contributed by atoms with Gasteiger partial charge in [-0.3, -0.25) is 0 Å². The van der Waals surface area contributed by atoms with Crippen molar-refractivity contribution in [3.8, 4) is 0 Å². The number of aliphatic hydroxyl groups is 1. The van der Waals surface area contributed by atoms with Crippen LogP contribution in [0.1, 0.15) is 18.4 Å². The third-order valence-corrected chi connectivity index (χ3v) is 3.78. The summed E-state index contributed by atoms with van der Waals surface area (Å²) in [6, 6.07) is 8.34. The van der Waals surface area contributed by atoms with Crippen molar-refractivity contribution in [3.63, 3.8) is 0 Å². The Bertz CT molecular complexity index is 514. The summed E-state index contributed by atoms with van der Waals surface area (Å²) in [5, 5.41) is 14.0. The molecule has 0 unspecified atom stereocenters. The Labute approximate surface area is 101 Å². The van der Waals surface area contributed by atoms with Crippen molar-refractivity contribution in [1.82, 2.24) is 10.3 Å². The summed E-state index contributed by atoms with van der Waals surface area (Å²) in [5.74, 6) is 0. The molecule has 17 heavy (non-hydrogen) atoms. The number of aromatic amines is 1. The molecule has 0 bridgehead atoms. The predicted octanol–water partition coefficient (Wildman–Crippen LogP) is 2.03. The molecule has 3 N–H and O–H groups in total. The van der Waals surface area contributed by atoms with Crippen LogP contribution in [0, 0.1) is 5.41 Å². The highest BCUT2D eigenvalue weighted by molar-refractivity contribution is 5.82. The Kier molecular flexibility index (Phi) is 2.65. The van der Waals surface area contributed by atoms with Crippen LogP contribution in [-0.4, -0.2) is 23.2 Å². The van der Waals surface area contributed by atoms with Crippen molar-refractivity contribution in [1.29, 1.82) is 0 Å². The van der Waals surface area contributed by atoms with E-state index in [1.165, 1.54) is 16.5 Å². The molecule has 1 saturated carbocycles. The number of para-hydroxylation sites is 1. The molecule has 3 rings (SSSR count). The number of nitrogens with one attached hydrogen (secondary N) is 2. The van der Waals surface area contributed by atoms with Gasteiger partial charge in [0.05, 0.1) is 0 Å². The number of rotatable bonds is 5. The number of aliphatic hydroxyl groups excluding tert-OH is 1. The van der Waals surface area contributed by atoms with Crippen molar-refractivity contribution in [2.24, 2.45) is 5.41 Å². The molecular formula is C14H18N2O. The second-order valence-electron chi connectivity index (χ2n) is 5.12. The van der Waals surface area contributed by atoms with Gasteiger partial charge in [0.25, 0.3) is 0 Å². The largest absolute Gasteiger partial charge is 0.396 e. The van der Waals surface area contributed by atoms with E-state index >= 15 is 0 Å². The number of benzene rings is 1. The molecule has 90 valence electrons. The molecule has 3 nitrogen and oxygen atoms in total. The first kappa shape index (κ1) is 10.8. The maximum Gasteiger partial charge on any atom is 0.0499 e. The minimum absolute atomic E-state index is 0.187. The molecule has 1 heterocycles. The first-order chi connectivity index (χ1) is 8.33. The van der Waals surface area contributed by atoms with Crippen molar-refractivity contribution in [3.05, 3.63) is 36.0 Å². The topological polar surface area (TPSA) is 48.0 Å². The zero-order valence-corrected chi connectivity index (χ0v) is 9.87. The zero-order chi connectivity index (χ0) is 11.7. The third kappa shape index (κ3) is 2.08. The lowest BCUT2D eigenvalue weighted by atomic mass is 10.1. The summed E-state index contributed by atoms with van der Waals surface area (Å²) < 4.78 is 0. The van der Waals surface area contributed by atoms with Gasteiger partial charge in [-0.25, -0.2) is 0 Å². The van der Waals surface area contributed by atoms with Crippen LogP contribution in [0.2, 0.25) is 0 Å². The minimum atomic E-state index is 0.187. The van der Waals surface area contributed by atoms with Crippen molar-refractivity contribution >= 4 is 10.9 Å². The van der Waals surface area contributed by atoms with E-state index in [1.807, 2.05) is 6.07 Å². The first-order valence-electron chi connectivity index (χ1n) is 6.20. The van der Waals surface area contributed by atoms with Gasteiger partial charge in [0.1, 0.15) is 0 Å². The summed E-state index contributed by atoms with van der Waals surface area (Å²) in [7, 11) is 0. The first-order valence-corrected chi connectivity index (χ1v) is 6.20. The van der Waals surface area contributed by atoms with E-state index < -0.39 is 0 Å². The average molecular weight is 230 g/mol. The molecule has 0 saturated heterocycles. The van der Waals surface area contributed by atoms with Crippen LogP contribution in [0.3, 0.4) is 0 Å². The Morgan fingerprint density at radius 3 is 2.88 bits per heavy atom. The molecule has 0 atom stereocenters. The van der Waals surface area contributed by atoms with E-state index in [-0.39, 0.29) is 5.41 Å². The number of hydrogen-bond acceptors (Lipinski definition) is 2. The van der Waals surface area contributed by atoms with Gasteiger partial charge < -0.3 is 15.4 Å². The van der Waals surface area contributed by atoms with Crippen LogP contribution in [0.25, 0.3) is 10.9 Å². The molecule has 0 spiro atoms. The van der Waals surface area contributed by atoms with Gasteiger partial charge in [0.15, 0.2) is 0 Å². The fraction of sp³-hybridized carbons (Fsp3) is 0.429. The smallest absolute Gasteiger partial charge is 0.0499 e. The normalized spacial score (nSPS) is 17.5. The van der Waals surface area contributed by atoms with Crippen LogP contribution < -0.4 is 5.32 Å². The molecule has 1 aromatic carbocycles. The second-order valence-corrected chi connectivity index (χ2v) is 5.12. The lowest BCUT2D eigenvalue weighted by molar-refractivity contribution is 0.207.